The number of nitrogens with zero attached hydrogens (tertiary/aromatic N) is 1. The minimum atomic E-state index is -0.162. The largest absolute Gasteiger partial charge is 0.497 e. The minimum absolute atomic E-state index is 0.162. The van der Waals surface area contributed by atoms with Crippen molar-refractivity contribution in [3.63, 3.8) is 0 Å². The fraction of sp³-hybridized carbons (Fsp3) is 0.412. The number of nitrogens with two attached hydrogens (primary N) is 1. The quantitative estimate of drug-likeness (QED) is 0.899. The molecule has 1 fully saturated rings. The molecule has 2 aromatic rings. The van der Waals surface area contributed by atoms with Crippen LogP contribution in [0.15, 0.2) is 24.3 Å². The van der Waals surface area contributed by atoms with E-state index in [0.29, 0.717) is 10.7 Å². The van der Waals surface area contributed by atoms with Gasteiger partial charge in [-0.15, -0.1) is 0 Å². The third-order valence-electron chi connectivity index (χ3n) is 4.15. The van der Waals surface area contributed by atoms with E-state index in [0.717, 1.165) is 29.2 Å². The van der Waals surface area contributed by atoms with Crippen molar-refractivity contribution < 1.29 is 9.53 Å². The number of benzene rings is 1. The molecule has 0 spiro atoms. The van der Waals surface area contributed by atoms with Crippen LogP contribution in [0.2, 0.25) is 0 Å². The zero-order valence-corrected chi connectivity index (χ0v) is 14.0. The first-order chi connectivity index (χ1) is 11.2. The van der Waals surface area contributed by atoms with Crippen LogP contribution in [-0.2, 0) is 0 Å². The van der Waals surface area contributed by atoms with E-state index in [1.807, 2.05) is 24.3 Å². The van der Waals surface area contributed by atoms with Gasteiger partial charge in [0, 0.05) is 11.6 Å². The summed E-state index contributed by atoms with van der Waals surface area (Å²) in [5.41, 5.74) is 7.28. The van der Waals surface area contributed by atoms with E-state index in [-0.39, 0.29) is 11.9 Å². The van der Waals surface area contributed by atoms with Crippen molar-refractivity contribution in [1.29, 1.82) is 0 Å². The molecule has 0 unspecified atom stereocenters. The van der Waals surface area contributed by atoms with Crippen molar-refractivity contribution >= 4 is 22.2 Å². The van der Waals surface area contributed by atoms with Crippen LogP contribution in [0.1, 0.15) is 42.6 Å². The van der Waals surface area contributed by atoms with Crippen LogP contribution in [0.25, 0.3) is 10.6 Å². The Labute approximate surface area is 139 Å². The molecular weight excluding hydrogens is 310 g/mol. The van der Waals surface area contributed by atoms with Gasteiger partial charge in [0.15, 0.2) is 5.69 Å². The molecule has 1 heterocycles. The number of anilines is 1. The van der Waals surface area contributed by atoms with E-state index in [2.05, 4.69) is 10.3 Å². The number of nitrogen functional groups attached to an aromatic ring is 1. The molecule has 6 heteroatoms. The molecular formula is C17H21N3O2S. The average Bonchev–Trinajstić information content (AvgIpc) is 2.98. The number of ether oxygens (including phenoxy) is 1. The number of hydrogen-bond donors (Lipinski definition) is 2. The lowest BCUT2D eigenvalue weighted by Crippen LogP contribution is -2.36. The molecule has 122 valence electrons. The van der Waals surface area contributed by atoms with Gasteiger partial charge in [-0.2, -0.15) is 0 Å². The summed E-state index contributed by atoms with van der Waals surface area (Å²) in [5, 5.41) is 4.28. The summed E-state index contributed by atoms with van der Waals surface area (Å²) in [5.74, 6) is 0.624. The van der Waals surface area contributed by atoms with Crippen LogP contribution in [0.5, 0.6) is 5.75 Å². The number of methoxy groups -OCH3 is 1. The topological polar surface area (TPSA) is 77.2 Å². The Bertz CT molecular complexity index is 676. The molecule has 0 saturated heterocycles. The lowest BCUT2D eigenvalue weighted by molar-refractivity contribution is 0.0924. The minimum Gasteiger partial charge on any atom is -0.497 e. The molecule has 5 nitrogen and oxygen atoms in total. The number of nitrogens with one attached hydrogen (secondary N) is 1. The molecule has 1 aliphatic rings. The van der Waals surface area contributed by atoms with E-state index in [9.17, 15) is 4.79 Å². The van der Waals surface area contributed by atoms with Crippen molar-refractivity contribution in [2.45, 2.75) is 38.1 Å². The SMILES string of the molecule is COc1ccc(-c2nc(C(=O)NC3CCCCC3)c(N)s2)cc1. The molecule has 1 aliphatic carbocycles. The standard InChI is InChI=1S/C17H21N3O2S/c1-22-13-9-7-11(8-10-13)17-20-14(15(18)23-17)16(21)19-12-5-3-2-4-6-12/h7-10,12H,2-6,18H2,1H3,(H,19,21). The van der Waals surface area contributed by atoms with E-state index in [1.165, 1.54) is 30.6 Å². The van der Waals surface area contributed by atoms with Gasteiger partial charge in [-0.1, -0.05) is 30.6 Å². The second kappa shape index (κ2) is 7.00. The highest BCUT2D eigenvalue weighted by molar-refractivity contribution is 7.19. The first-order valence-electron chi connectivity index (χ1n) is 7.89. The van der Waals surface area contributed by atoms with Crippen molar-refractivity contribution in [3.05, 3.63) is 30.0 Å². The maximum atomic E-state index is 12.4. The Morgan fingerprint density at radius 3 is 2.61 bits per heavy atom. The van der Waals surface area contributed by atoms with Gasteiger partial charge in [-0.05, 0) is 37.1 Å². The van der Waals surface area contributed by atoms with Gasteiger partial charge in [0.05, 0.1) is 7.11 Å². The summed E-state index contributed by atoms with van der Waals surface area (Å²) in [6.07, 6.45) is 5.69. The number of thiazole rings is 1. The third-order valence-corrected chi connectivity index (χ3v) is 5.08. The van der Waals surface area contributed by atoms with Crippen molar-refractivity contribution in [3.8, 4) is 16.3 Å². The van der Waals surface area contributed by atoms with Crippen LogP contribution in [0.3, 0.4) is 0 Å². The van der Waals surface area contributed by atoms with Crippen LogP contribution < -0.4 is 15.8 Å². The molecule has 3 N–H and O–H groups in total. The molecule has 3 rings (SSSR count). The summed E-state index contributed by atoms with van der Waals surface area (Å²) in [4.78, 5) is 16.9. The molecule has 0 aliphatic heterocycles. The summed E-state index contributed by atoms with van der Waals surface area (Å²) in [7, 11) is 1.63. The summed E-state index contributed by atoms with van der Waals surface area (Å²) >= 11 is 1.34. The third kappa shape index (κ3) is 3.64. The van der Waals surface area contributed by atoms with Gasteiger partial charge >= 0.3 is 0 Å². The Kier molecular flexibility index (Phi) is 4.81. The zero-order valence-electron chi connectivity index (χ0n) is 13.2. The van der Waals surface area contributed by atoms with E-state index in [4.69, 9.17) is 10.5 Å². The van der Waals surface area contributed by atoms with Gasteiger partial charge in [0.1, 0.15) is 15.8 Å². The molecule has 1 aromatic carbocycles. The van der Waals surface area contributed by atoms with Crippen molar-refractivity contribution in [2.75, 3.05) is 12.8 Å². The second-order valence-corrected chi connectivity index (χ2v) is 6.80. The molecule has 1 saturated carbocycles. The monoisotopic (exact) mass is 331 g/mol. The van der Waals surface area contributed by atoms with E-state index < -0.39 is 0 Å². The summed E-state index contributed by atoms with van der Waals surface area (Å²) in [6.45, 7) is 0. The molecule has 0 bridgehead atoms. The number of carbonyl (C=O) groups is 1. The van der Waals surface area contributed by atoms with Crippen molar-refractivity contribution in [2.24, 2.45) is 0 Å². The van der Waals surface area contributed by atoms with Gasteiger partial charge in [0.2, 0.25) is 0 Å². The van der Waals surface area contributed by atoms with Gasteiger partial charge in [-0.3, -0.25) is 4.79 Å². The fourth-order valence-corrected chi connectivity index (χ4v) is 3.69. The summed E-state index contributed by atoms with van der Waals surface area (Å²) < 4.78 is 5.15. The Balaban J connectivity index is 1.75. The average molecular weight is 331 g/mol. The zero-order chi connectivity index (χ0) is 16.2. The first-order valence-corrected chi connectivity index (χ1v) is 8.70. The number of hydrogen-bond acceptors (Lipinski definition) is 5. The van der Waals surface area contributed by atoms with E-state index >= 15 is 0 Å². The lowest BCUT2D eigenvalue weighted by Gasteiger charge is -2.22. The molecule has 0 atom stereocenters. The molecule has 0 radical (unpaired) electrons. The smallest absolute Gasteiger partial charge is 0.273 e. The highest BCUT2D eigenvalue weighted by atomic mass is 32.1. The van der Waals surface area contributed by atoms with Gasteiger partial charge in [0.25, 0.3) is 5.91 Å². The highest BCUT2D eigenvalue weighted by Crippen LogP contribution is 2.31. The number of rotatable bonds is 4. The van der Waals surface area contributed by atoms with Crippen molar-refractivity contribution in [1.82, 2.24) is 10.3 Å². The van der Waals surface area contributed by atoms with Crippen LogP contribution in [0, 0.1) is 0 Å². The Hall–Kier alpha value is -2.08. The number of amides is 1. The first kappa shape index (κ1) is 15.8. The van der Waals surface area contributed by atoms with Crippen LogP contribution in [-0.4, -0.2) is 24.0 Å². The molecule has 23 heavy (non-hydrogen) atoms. The predicted octanol–water partition coefficient (Wildman–Crippen LogP) is 3.46. The number of aromatic nitrogens is 1. The lowest BCUT2D eigenvalue weighted by atomic mass is 9.95. The van der Waals surface area contributed by atoms with Gasteiger partial charge in [-0.25, -0.2) is 4.98 Å². The second-order valence-electron chi connectivity index (χ2n) is 5.77. The van der Waals surface area contributed by atoms with Crippen LogP contribution >= 0.6 is 11.3 Å². The molecule has 1 aromatic heterocycles. The summed E-state index contributed by atoms with van der Waals surface area (Å²) in [6, 6.07) is 7.82. The van der Waals surface area contributed by atoms with Crippen LogP contribution in [0.4, 0.5) is 5.00 Å². The number of carbonyl (C=O) groups excluding carboxylic acids is 1. The highest BCUT2D eigenvalue weighted by Gasteiger charge is 2.21. The molecule has 1 amide bonds. The normalized spacial score (nSPS) is 15.3. The van der Waals surface area contributed by atoms with E-state index in [1.54, 1.807) is 7.11 Å². The van der Waals surface area contributed by atoms with Gasteiger partial charge < -0.3 is 15.8 Å². The Morgan fingerprint density at radius 1 is 1.26 bits per heavy atom. The maximum absolute atomic E-state index is 12.4. The fourth-order valence-electron chi connectivity index (χ4n) is 2.85. The Morgan fingerprint density at radius 2 is 1.96 bits per heavy atom. The maximum Gasteiger partial charge on any atom is 0.273 e. The predicted molar refractivity (Wildman–Crippen MR) is 92.9 cm³/mol.